The molecule has 0 aliphatic heterocycles. The number of primary amides is 1. The van der Waals surface area contributed by atoms with E-state index in [1.807, 2.05) is 0 Å². The van der Waals surface area contributed by atoms with Crippen molar-refractivity contribution in [3.63, 3.8) is 0 Å². The molecule has 38 heavy (non-hydrogen) atoms. The molecule has 12 N–H and O–H groups in total. The molecule has 0 heterocycles. The first-order valence-electron chi connectivity index (χ1n) is 12.2. The molecule has 0 aromatic carbocycles. The number of carboxylic acid groups (broad SMARTS) is 1. The van der Waals surface area contributed by atoms with E-state index in [0.29, 0.717) is 25.8 Å². The Kier molecular flexibility index (Phi) is 16.6. The van der Waals surface area contributed by atoms with E-state index in [9.17, 15) is 33.6 Å². The third-order valence-corrected chi connectivity index (χ3v) is 5.47. The summed E-state index contributed by atoms with van der Waals surface area (Å²) in [5, 5.41) is 20.5. The van der Waals surface area contributed by atoms with E-state index in [-0.39, 0.29) is 13.0 Å². The quantitative estimate of drug-likeness (QED) is 0.0706. The van der Waals surface area contributed by atoms with Crippen LogP contribution < -0.4 is 43.8 Å². The fourth-order valence-electron chi connectivity index (χ4n) is 3.19. The highest BCUT2D eigenvalue weighted by Crippen LogP contribution is 2.09. The molecular weight excluding hydrogens is 504 g/mol. The molecule has 4 atom stereocenters. The summed E-state index contributed by atoms with van der Waals surface area (Å²) >= 11 is 0. The van der Waals surface area contributed by atoms with E-state index in [1.165, 1.54) is 0 Å². The van der Waals surface area contributed by atoms with E-state index in [2.05, 4.69) is 26.6 Å². The van der Waals surface area contributed by atoms with Gasteiger partial charge in [0.15, 0.2) is 0 Å². The van der Waals surface area contributed by atoms with Gasteiger partial charge in [0.2, 0.25) is 35.4 Å². The Bertz CT molecular complexity index is 853. The Hall–Kier alpha value is -3.79. The van der Waals surface area contributed by atoms with Crippen LogP contribution in [0.3, 0.4) is 0 Å². The second-order valence-electron chi connectivity index (χ2n) is 8.60. The van der Waals surface area contributed by atoms with Gasteiger partial charge in [0.05, 0.1) is 19.5 Å². The number of carbonyl (C=O) groups is 7. The topological polar surface area (TPSA) is 278 Å². The fraction of sp³-hybridized carbons (Fsp3) is 0.682. The summed E-state index contributed by atoms with van der Waals surface area (Å²) in [5.41, 5.74) is 15.9. The van der Waals surface area contributed by atoms with Gasteiger partial charge in [0.1, 0.15) is 24.7 Å². The van der Waals surface area contributed by atoms with Crippen LogP contribution in [0.25, 0.3) is 0 Å². The zero-order chi connectivity index (χ0) is 29.3. The third-order valence-electron chi connectivity index (χ3n) is 5.47. The standard InChI is InChI=1S/C22H40N8O8/c1-3-12(2)19(22(38)29-14(8-15(25)31)21(37)27-11-18(34)35)30-17(33)10-26-20(36)13(6-4-5-7-23)28-16(32)9-24/h12-14,19H,3-11,23-24H2,1-2H3,(H2,25,31)(H,26,36)(H,27,37)(H,28,32)(H,29,38)(H,30,33)(H,34,35)/t12-,13-,14-,19-/m0/s1. The normalized spacial score (nSPS) is 13.7. The SMILES string of the molecule is CC[C@H](C)[C@H](NC(=O)CNC(=O)[C@H](CCCCN)NC(=O)CN)C(=O)N[C@@H](CC(N)=O)C(=O)NCC(=O)O. The molecule has 0 aliphatic carbocycles. The Morgan fingerprint density at radius 1 is 0.789 bits per heavy atom. The molecule has 0 aromatic heterocycles. The minimum Gasteiger partial charge on any atom is -0.480 e. The van der Waals surface area contributed by atoms with Gasteiger partial charge < -0.3 is 48.9 Å². The average Bonchev–Trinajstić information content (AvgIpc) is 2.86. The van der Waals surface area contributed by atoms with Gasteiger partial charge in [-0.1, -0.05) is 20.3 Å². The van der Waals surface area contributed by atoms with Gasteiger partial charge in [0, 0.05) is 0 Å². The zero-order valence-electron chi connectivity index (χ0n) is 21.7. The molecule has 16 nitrogen and oxygen atoms in total. The number of unbranched alkanes of at least 4 members (excludes halogenated alkanes) is 1. The Morgan fingerprint density at radius 3 is 1.92 bits per heavy atom. The van der Waals surface area contributed by atoms with Crippen LogP contribution in [0.2, 0.25) is 0 Å². The summed E-state index contributed by atoms with van der Waals surface area (Å²) in [4.78, 5) is 84.0. The lowest BCUT2D eigenvalue weighted by atomic mass is 9.97. The predicted molar refractivity (Wildman–Crippen MR) is 135 cm³/mol. The largest absolute Gasteiger partial charge is 0.480 e. The van der Waals surface area contributed by atoms with Crippen molar-refractivity contribution in [2.24, 2.45) is 23.1 Å². The van der Waals surface area contributed by atoms with Crippen molar-refractivity contribution in [1.29, 1.82) is 0 Å². The van der Waals surface area contributed by atoms with Gasteiger partial charge in [-0.25, -0.2) is 0 Å². The maximum Gasteiger partial charge on any atom is 0.322 e. The molecule has 6 amide bonds. The first kappa shape index (κ1) is 34.2. The van der Waals surface area contributed by atoms with Crippen LogP contribution in [0.4, 0.5) is 0 Å². The minimum atomic E-state index is -1.47. The zero-order valence-corrected chi connectivity index (χ0v) is 21.7. The highest BCUT2D eigenvalue weighted by atomic mass is 16.4. The number of hydrogen-bond donors (Lipinski definition) is 9. The number of aliphatic carboxylic acids is 1. The summed E-state index contributed by atoms with van der Waals surface area (Å²) in [6.07, 6.45) is 1.28. The predicted octanol–water partition coefficient (Wildman–Crippen LogP) is -4.23. The van der Waals surface area contributed by atoms with Gasteiger partial charge in [-0.15, -0.1) is 0 Å². The van der Waals surface area contributed by atoms with Crippen molar-refractivity contribution in [3.05, 3.63) is 0 Å². The number of hydrogen-bond acceptors (Lipinski definition) is 9. The first-order chi connectivity index (χ1) is 17.9. The van der Waals surface area contributed by atoms with E-state index in [0.717, 1.165) is 0 Å². The number of carboxylic acids is 1. The van der Waals surface area contributed by atoms with Crippen LogP contribution in [-0.4, -0.2) is 90.8 Å². The van der Waals surface area contributed by atoms with Gasteiger partial charge in [-0.05, 0) is 31.7 Å². The maximum absolute atomic E-state index is 12.9. The number of carbonyl (C=O) groups excluding carboxylic acids is 6. The summed E-state index contributed by atoms with van der Waals surface area (Å²) < 4.78 is 0. The van der Waals surface area contributed by atoms with Crippen molar-refractivity contribution < 1.29 is 38.7 Å². The molecule has 0 radical (unpaired) electrons. The fourth-order valence-corrected chi connectivity index (χ4v) is 3.19. The molecule has 0 rings (SSSR count). The molecule has 0 unspecified atom stereocenters. The summed E-state index contributed by atoms with van der Waals surface area (Å²) in [7, 11) is 0. The highest BCUT2D eigenvalue weighted by molar-refractivity contribution is 5.96. The van der Waals surface area contributed by atoms with E-state index >= 15 is 0 Å². The highest BCUT2D eigenvalue weighted by Gasteiger charge is 2.31. The Morgan fingerprint density at radius 2 is 1.39 bits per heavy atom. The van der Waals surface area contributed by atoms with Crippen LogP contribution in [0, 0.1) is 5.92 Å². The molecule has 0 spiro atoms. The van der Waals surface area contributed by atoms with Crippen molar-refractivity contribution >= 4 is 41.4 Å². The van der Waals surface area contributed by atoms with Crippen LogP contribution in [0.1, 0.15) is 46.0 Å². The summed E-state index contributed by atoms with van der Waals surface area (Å²) in [6.45, 7) is 2.24. The smallest absolute Gasteiger partial charge is 0.322 e. The van der Waals surface area contributed by atoms with E-state index < -0.39 is 85.0 Å². The Labute approximate surface area is 220 Å². The van der Waals surface area contributed by atoms with Gasteiger partial charge in [-0.3, -0.25) is 33.6 Å². The lowest BCUT2D eigenvalue weighted by molar-refractivity contribution is -0.139. The lowest BCUT2D eigenvalue weighted by Gasteiger charge is -2.26. The Balaban J connectivity index is 5.31. The average molecular weight is 545 g/mol. The molecule has 0 saturated heterocycles. The summed E-state index contributed by atoms with van der Waals surface area (Å²) in [5.74, 6) is -6.35. The van der Waals surface area contributed by atoms with Gasteiger partial charge >= 0.3 is 5.97 Å². The number of rotatable bonds is 19. The minimum absolute atomic E-state index is 0.277. The maximum atomic E-state index is 12.9. The van der Waals surface area contributed by atoms with Crippen LogP contribution in [0.15, 0.2) is 0 Å². The molecule has 0 saturated carbocycles. The van der Waals surface area contributed by atoms with Gasteiger partial charge in [-0.2, -0.15) is 0 Å². The van der Waals surface area contributed by atoms with Crippen molar-refractivity contribution in [3.8, 4) is 0 Å². The number of nitrogens with two attached hydrogens (primary N) is 3. The van der Waals surface area contributed by atoms with E-state index in [4.69, 9.17) is 22.3 Å². The molecule has 0 fully saturated rings. The first-order valence-corrected chi connectivity index (χ1v) is 12.2. The number of amides is 6. The lowest BCUT2D eigenvalue weighted by Crippen LogP contribution is -2.58. The molecule has 16 heteroatoms. The van der Waals surface area contributed by atoms with Crippen LogP contribution in [0.5, 0.6) is 0 Å². The van der Waals surface area contributed by atoms with Crippen LogP contribution >= 0.6 is 0 Å². The second-order valence-corrected chi connectivity index (χ2v) is 8.60. The summed E-state index contributed by atoms with van der Waals surface area (Å²) in [6, 6.07) is -3.56. The van der Waals surface area contributed by atoms with E-state index in [1.54, 1.807) is 13.8 Å². The molecule has 216 valence electrons. The third kappa shape index (κ3) is 14.1. The number of nitrogens with one attached hydrogen (secondary N) is 5. The second kappa shape index (κ2) is 18.5. The monoisotopic (exact) mass is 544 g/mol. The molecular formula is C22H40N8O8. The van der Waals surface area contributed by atoms with Crippen molar-refractivity contribution in [2.45, 2.75) is 64.1 Å². The van der Waals surface area contributed by atoms with Crippen LogP contribution in [-0.2, 0) is 33.6 Å². The molecule has 0 bridgehead atoms. The van der Waals surface area contributed by atoms with Crippen molar-refractivity contribution in [2.75, 3.05) is 26.2 Å². The van der Waals surface area contributed by atoms with Gasteiger partial charge in [0.25, 0.3) is 0 Å². The molecule has 0 aromatic rings. The molecule has 0 aliphatic rings. The van der Waals surface area contributed by atoms with Crippen molar-refractivity contribution in [1.82, 2.24) is 26.6 Å².